The Morgan fingerprint density at radius 2 is 1.89 bits per heavy atom. The number of pyridine rings is 1. The third-order valence-electron chi connectivity index (χ3n) is 3.01. The van der Waals surface area contributed by atoms with E-state index in [9.17, 15) is 9.18 Å². The number of aryl methyl sites for hydroxylation is 1. The smallest absolute Gasteiger partial charge is 0.293 e. The lowest BCUT2D eigenvalue weighted by Gasteiger charge is -2.10. The summed E-state index contributed by atoms with van der Waals surface area (Å²) in [7, 11) is 0. The van der Waals surface area contributed by atoms with Gasteiger partial charge in [-0.25, -0.2) is 4.39 Å². The maximum atomic E-state index is 12.8. The van der Waals surface area contributed by atoms with Crippen molar-refractivity contribution < 1.29 is 13.8 Å². The van der Waals surface area contributed by atoms with Crippen LogP contribution in [0.4, 0.5) is 10.1 Å². The van der Waals surface area contributed by atoms with Crippen molar-refractivity contribution in [2.45, 2.75) is 19.9 Å². The maximum absolute atomic E-state index is 12.8. The molecule has 0 aliphatic heterocycles. The number of halogens is 1. The summed E-state index contributed by atoms with van der Waals surface area (Å²) in [5.74, 6) is -0.453. The van der Waals surface area contributed by atoms with Crippen molar-refractivity contribution in [3.05, 3.63) is 60.2 Å². The summed E-state index contributed by atoms with van der Waals surface area (Å²) >= 11 is 0. The molecule has 2 aromatic rings. The summed E-state index contributed by atoms with van der Waals surface area (Å²) in [5, 5.41) is 2.77. The Kier molecular flexibility index (Phi) is 3.90. The van der Waals surface area contributed by atoms with Gasteiger partial charge < -0.3 is 5.32 Å². The largest absolute Gasteiger partial charge is 0.320 e. The van der Waals surface area contributed by atoms with E-state index in [1.54, 1.807) is 12.1 Å². The standard InChI is InChI=1S/C15H15FN2O/c1-11-5-3-4-10-18(11)12(2)15(19)17-14-8-6-13(16)7-9-14/h3-10,12H,1-2H3/p+1/t12-/m1/s1. The van der Waals surface area contributed by atoms with Gasteiger partial charge in [0.2, 0.25) is 6.04 Å². The molecule has 0 aliphatic carbocycles. The fourth-order valence-corrected chi connectivity index (χ4v) is 1.88. The van der Waals surface area contributed by atoms with Crippen molar-refractivity contribution in [3.63, 3.8) is 0 Å². The molecule has 0 fully saturated rings. The van der Waals surface area contributed by atoms with Crippen molar-refractivity contribution in [1.29, 1.82) is 0 Å². The molecule has 1 aromatic heterocycles. The zero-order valence-electron chi connectivity index (χ0n) is 10.9. The molecule has 0 aliphatic rings. The van der Waals surface area contributed by atoms with Gasteiger partial charge in [-0.15, -0.1) is 0 Å². The van der Waals surface area contributed by atoms with Crippen molar-refractivity contribution in [3.8, 4) is 0 Å². The molecule has 1 atom stereocenters. The Morgan fingerprint density at radius 3 is 2.53 bits per heavy atom. The lowest BCUT2D eigenvalue weighted by Crippen LogP contribution is -2.46. The second-order valence-electron chi connectivity index (χ2n) is 4.42. The van der Waals surface area contributed by atoms with E-state index < -0.39 is 0 Å². The lowest BCUT2D eigenvalue weighted by molar-refractivity contribution is -0.711. The van der Waals surface area contributed by atoms with Crippen molar-refractivity contribution >= 4 is 11.6 Å². The minimum atomic E-state index is -0.328. The average molecular weight is 259 g/mol. The fraction of sp³-hybridized carbons (Fsp3) is 0.200. The molecule has 1 aromatic carbocycles. The Bertz CT molecular complexity index is 581. The molecule has 2 rings (SSSR count). The van der Waals surface area contributed by atoms with Gasteiger partial charge in [0.1, 0.15) is 5.82 Å². The van der Waals surface area contributed by atoms with E-state index in [0.717, 1.165) is 5.69 Å². The van der Waals surface area contributed by atoms with Crippen LogP contribution in [-0.4, -0.2) is 5.91 Å². The Hall–Kier alpha value is -2.23. The number of nitrogens with zero attached hydrogens (tertiary/aromatic N) is 1. The molecule has 1 heterocycles. The fourth-order valence-electron chi connectivity index (χ4n) is 1.88. The normalized spacial score (nSPS) is 11.9. The molecule has 0 saturated carbocycles. The molecule has 98 valence electrons. The molecule has 0 unspecified atom stereocenters. The summed E-state index contributed by atoms with van der Waals surface area (Å²) in [6.45, 7) is 3.77. The minimum Gasteiger partial charge on any atom is -0.320 e. The van der Waals surface area contributed by atoms with Crippen LogP contribution in [0.5, 0.6) is 0 Å². The number of benzene rings is 1. The van der Waals surface area contributed by atoms with Crippen LogP contribution in [-0.2, 0) is 4.79 Å². The number of rotatable bonds is 3. The van der Waals surface area contributed by atoms with Crippen LogP contribution in [0.15, 0.2) is 48.7 Å². The van der Waals surface area contributed by atoms with Crippen LogP contribution < -0.4 is 9.88 Å². The number of anilines is 1. The Labute approximate surface area is 111 Å². The quantitative estimate of drug-likeness (QED) is 0.844. The summed E-state index contributed by atoms with van der Waals surface area (Å²) in [6.07, 6.45) is 1.87. The van der Waals surface area contributed by atoms with Gasteiger partial charge >= 0.3 is 0 Å². The molecule has 0 bridgehead atoms. The van der Waals surface area contributed by atoms with Crippen LogP contribution in [0.2, 0.25) is 0 Å². The minimum absolute atomic E-state index is 0.133. The predicted molar refractivity (Wildman–Crippen MR) is 71.1 cm³/mol. The zero-order chi connectivity index (χ0) is 13.8. The van der Waals surface area contributed by atoms with Crippen LogP contribution >= 0.6 is 0 Å². The van der Waals surface area contributed by atoms with E-state index in [1.807, 2.05) is 42.8 Å². The second-order valence-corrected chi connectivity index (χ2v) is 4.42. The topological polar surface area (TPSA) is 33.0 Å². The molecular formula is C15H16FN2O+. The highest BCUT2D eigenvalue weighted by atomic mass is 19.1. The van der Waals surface area contributed by atoms with Gasteiger partial charge in [0.05, 0.1) is 0 Å². The summed E-state index contributed by atoms with van der Waals surface area (Å²) < 4.78 is 14.7. The van der Waals surface area contributed by atoms with E-state index in [0.29, 0.717) is 5.69 Å². The maximum Gasteiger partial charge on any atom is 0.293 e. The third-order valence-corrected chi connectivity index (χ3v) is 3.01. The molecular weight excluding hydrogens is 243 g/mol. The predicted octanol–water partition coefficient (Wildman–Crippen LogP) is 2.62. The van der Waals surface area contributed by atoms with E-state index >= 15 is 0 Å². The van der Waals surface area contributed by atoms with Crippen molar-refractivity contribution in [2.75, 3.05) is 5.32 Å². The molecule has 19 heavy (non-hydrogen) atoms. The van der Waals surface area contributed by atoms with Crippen LogP contribution in [0, 0.1) is 12.7 Å². The highest BCUT2D eigenvalue weighted by molar-refractivity contribution is 5.92. The number of amides is 1. The van der Waals surface area contributed by atoms with Gasteiger partial charge in [-0.2, -0.15) is 4.57 Å². The van der Waals surface area contributed by atoms with Gasteiger partial charge in [0.15, 0.2) is 11.9 Å². The first-order valence-electron chi connectivity index (χ1n) is 6.11. The first kappa shape index (κ1) is 13.2. The third kappa shape index (κ3) is 3.16. The number of hydrogen-bond acceptors (Lipinski definition) is 1. The zero-order valence-corrected chi connectivity index (χ0v) is 10.9. The number of nitrogens with one attached hydrogen (secondary N) is 1. The Morgan fingerprint density at radius 1 is 1.21 bits per heavy atom. The van der Waals surface area contributed by atoms with E-state index in [2.05, 4.69) is 5.32 Å². The monoisotopic (exact) mass is 259 g/mol. The first-order valence-corrected chi connectivity index (χ1v) is 6.11. The van der Waals surface area contributed by atoms with Gasteiger partial charge in [-0.3, -0.25) is 4.79 Å². The summed E-state index contributed by atoms with van der Waals surface area (Å²) in [5.41, 5.74) is 1.59. The van der Waals surface area contributed by atoms with Gasteiger partial charge in [-0.05, 0) is 24.3 Å². The van der Waals surface area contributed by atoms with Crippen LogP contribution in [0.3, 0.4) is 0 Å². The average Bonchev–Trinajstić information content (AvgIpc) is 2.41. The molecule has 4 heteroatoms. The van der Waals surface area contributed by atoms with Gasteiger partial charge in [-0.1, -0.05) is 6.07 Å². The van der Waals surface area contributed by atoms with Crippen LogP contribution in [0.1, 0.15) is 18.7 Å². The number of carbonyl (C=O) groups is 1. The number of hydrogen-bond donors (Lipinski definition) is 1. The van der Waals surface area contributed by atoms with Gasteiger partial charge in [0.25, 0.3) is 5.91 Å². The van der Waals surface area contributed by atoms with Crippen molar-refractivity contribution in [2.24, 2.45) is 0 Å². The first-order chi connectivity index (χ1) is 9.08. The molecule has 3 nitrogen and oxygen atoms in total. The van der Waals surface area contributed by atoms with E-state index in [1.165, 1.54) is 12.1 Å². The molecule has 0 radical (unpaired) electrons. The Balaban J connectivity index is 2.12. The second kappa shape index (κ2) is 5.61. The molecule has 1 amide bonds. The summed E-state index contributed by atoms with van der Waals surface area (Å²) in [6, 6.07) is 11.2. The SMILES string of the molecule is Cc1cccc[n+]1[C@H](C)C(=O)Nc1ccc(F)cc1. The molecule has 0 saturated heterocycles. The number of aromatic nitrogens is 1. The highest BCUT2D eigenvalue weighted by Gasteiger charge is 2.23. The lowest BCUT2D eigenvalue weighted by atomic mass is 10.2. The highest BCUT2D eigenvalue weighted by Crippen LogP contribution is 2.10. The molecule has 0 spiro atoms. The van der Waals surface area contributed by atoms with Crippen LogP contribution in [0.25, 0.3) is 0 Å². The van der Waals surface area contributed by atoms with E-state index in [-0.39, 0.29) is 17.8 Å². The molecule has 1 N–H and O–H groups in total. The van der Waals surface area contributed by atoms with Crippen molar-refractivity contribution in [1.82, 2.24) is 0 Å². The summed E-state index contributed by atoms with van der Waals surface area (Å²) in [4.78, 5) is 12.1. The van der Waals surface area contributed by atoms with E-state index in [4.69, 9.17) is 0 Å². The van der Waals surface area contributed by atoms with Gasteiger partial charge in [0, 0.05) is 31.7 Å². The number of carbonyl (C=O) groups excluding carboxylic acids is 1.